The van der Waals surface area contributed by atoms with Gasteiger partial charge in [0.05, 0.1) is 6.54 Å². The van der Waals surface area contributed by atoms with Gasteiger partial charge in [-0.25, -0.2) is 4.98 Å². The third-order valence-electron chi connectivity index (χ3n) is 2.96. The van der Waals surface area contributed by atoms with E-state index in [9.17, 15) is 4.79 Å². The van der Waals surface area contributed by atoms with Crippen LogP contribution >= 0.6 is 22.9 Å². The van der Waals surface area contributed by atoms with Gasteiger partial charge in [0.1, 0.15) is 5.15 Å². The molecule has 5 heteroatoms. The van der Waals surface area contributed by atoms with Crippen LogP contribution in [0.1, 0.15) is 39.7 Å². The normalized spacial score (nSPS) is 10.6. The summed E-state index contributed by atoms with van der Waals surface area (Å²) in [6.45, 7) is 4.66. The average Bonchev–Trinajstić information content (AvgIpc) is 2.92. The highest BCUT2D eigenvalue weighted by Gasteiger charge is 2.09. The van der Waals surface area contributed by atoms with E-state index < -0.39 is 0 Å². The molecule has 0 unspecified atom stereocenters. The van der Waals surface area contributed by atoms with Crippen molar-refractivity contribution >= 4 is 28.8 Å². The molecule has 0 aliphatic heterocycles. The Hall–Kier alpha value is -1.39. The number of aromatic nitrogens is 1. The van der Waals surface area contributed by atoms with Crippen molar-refractivity contribution in [3.05, 3.63) is 50.4 Å². The minimum atomic E-state index is -0.115. The molecule has 1 N–H and O–H groups in total. The van der Waals surface area contributed by atoms with Crippen molar-refractivity contribution in [3.63, 3.8) is 0 Å². The van der Waals surface area contributed by atoms with Gasteiger partial charge in [0.25, 0.3) is 5.91 Å². The summed E-state index contributed by atoms with van der Waals surface area (Å²) in [5.74, 6) is -0.115. The molecule has 0 aliphatic rings. The van der Waals surface area contributed by atoms with E-state index in [2.05, 4.69) is 29.4 Å². The van der Waals surface area contributed by atoms with E-state index in [1.54, 1.807) is 23.5 Å². The maximum absolute atomic E-state index is 12.1. The van der Waals surface area contributed by atoms with Gasteiger partial charge in [0.2, 0.25) is 0 Å². The second-order valence-corrected chi connectivity index (χ2v) is 6.07. The summed E-state index contributed by atoms with van der Waals surface area (Å²) in [5, 5.41) is 3.28. The van der Waals surface area contributed by atoms with Crippen LogP contribution in [0.5, 0.6) is 0 Å². The number of nitrogens with zero attached hydrogens (tertiary/aromatic N) is 1. The molecule has 3 nitrogen and oxygen atoms in total. The molecule has 20 heavy (non-hydrogen) atoms. The number of thiophene rings is 1. The monoisotopic (exact) mass is 308 g/mol. The van der Waals surface area contributed by atoms with Crippen molar-refractivity contribution < 1.29 is 4.79 Å². The standard InChI is InChI=1S/C15H17ClN2OS/c1-3-11-7-10(8-14(16)18-11)15(19)17-9-13-6-5-12(4-2)20-13/h5-8H,3-4,9H2,1-2H3,(H,17,19). The average molecular weight is 309 g/mol. The lowest BCUT2D eigenvalue weighted by atomic mass is 10.2. The molecule has 106 valence electrons. The second-order valence-electron chi connectivity index (χ2n) is 4.43. The van der Waals surface area contributed by atoms with Gasteiger partial charge in [-0.2, -0.15) is 0 Å². The Balaban J connectivity index is 2.02. The Morgan fingerprint density at radius 3 is 2.65 bits per heavy atom. The molecule has 0 spiro atoms. The van der Waals surface area contributed by atoms with Crippen LogP contribution < -0.4 is 5.32 Å². The zero-order chi connectivity index (χ0) is 14.5. The highest BCUT2D eigenvalue weighted by molar-refractivity contribution is 7.11. The highest BCUT2D eigenvalue weighted by Crippen LogP contribution is 2.17. The minimum Gasteiger partial charge on any atom is -0.347 e. The maximum Gasteiger partial charge on any atom is 0.251 e. The lowest BCUT2D eigenvalue weighted by Crippen LogP contribution is -2.22. The molecule has 0 atom stereocenters. The molecule has 2 heterocycles. The zero-order valence-electron chi connectivity index (χ0n) is 11.6. The molecule has 0 aliphatic carbocycles. The zero-order valence-corrected chi connectivity index (χ0v) is 13.1. The Bertz CT molecular complexity index is 610. The summed E-state index contributed by atoms with van der Waals surface area (Å²) >= 11 is 7.65. The third kappa shape index (κ3) is 3.81. The molecular formula is C15H17ClN2OS. The number of halogens is 1. The number of carbonyl (C=O) groups excluding carboxylic acids is 1. The molecule has 2 rings (SSSR count). The van der Waals surface area contributed by atoms with Crippen molar-refractivity contribution in [2.24, 2.45) is 0 Å². The van der Waals surface area contributed by atoms with E-state index in [1.165, 1.54) is 4.88 Å². The van der Waals surface area contributed by atoms with Crippen LogP contribution in [0.3, 0.4) is 0 Å². The van der Waals surface area contributed by atoms with E-state index in [1.807, 2.05) is 6.92 Å². The predicted molar refractivity (Wildman–Crippen MR) is 83.5 cm³/mol. The molecule has 0 bridgehead atoms. The van der Waals surface area contributed by atoms with Crippen LogP contribution in [0.25, 0.3) is 0 Å². The Kier molecular flexibility index (Phi) is 5.15. The van der Waals surface area contributed by atoms with Gasteiger partial charge in [-0.15, -0.1) is 11.3 Å². The van der Waals surface area contributed by atoms with Crippen molar-refractivity contribution in [2.75, 3.05) is 0 Å². The van der Waals surface area contributed by atoms with E-state index in [0.717, 1.165) is 23.4 Å². The quantitative estimate of drug-likeness (QED) is 0.852. The summed E-state index contributed by atoms with van der Waals surface area (Å²) in [4.78, 5) is 18.8. The van der Waals surface area contributed by atoms with Crippen LogP contribution in [-0.4, -0.2) is 10.9 Å². The van der Waals surface area contributed by atoms with E-state index >= 15 is 0 Å². The first-order chi connectivity index (χ1) is 9.62. The molecule has 0 saturated carbocycles. The van der Waals surface area contributed by atoms with Gasteiger partial charge >= 0.3 is 0 Å². The van der Waals surface area contributed by atoms with E-state index in [-0.39, 0.29) is 5.91 Å². The van der Waals surface area contributed by atoms with Gasteiger partial charge in [0, 0.05) is 21.0 Å². The van der Waals surface area contributed by atoms with Crippen LogP contribution in [0.2, 0.25) is 5.15 Å². The molecule has 0 radical (unpaired) electrons. The van der Waals surface area contributed by atoms with Crippen LogP contribution in [0.15, 0.2) is 24.3 Å². The molecule has 0 aromatic carbocycles. The number of carbonyl (C=O) groups is 1. The van der Waals surface area contributed by atoms with Gasteiger partial charge in [0.15, 0.2) is 0 Å². The van der Waals surface area contributed by atoms with Crippen molar-refractivity contribution in [3.8, 4) is 0 Å². The smallest absolute Gasteiger partial charge is 0.251 e. The summed E-state index contributed by atoms with van der Waals surface area (Å²) in [7, 11) is 0. The molecule has 2 aromatic heterocycles. The number of amides is 1. The van der Waals surface area contributed by atoms with E-state index in [4.69, 9.17) is 11.6 Å². The van der Waals surface area contributed by atoms with Crippen molar-refractivity contribution in [1.82, 2.24) is 10.3 Å². The topological polar surface area (TPSA) is 42.0 Å². The predicted octanol–water partition coefficient (Wildman–Crippen LogP) is 3.85. The number of aryl methyl sites for hydroxylation is 2. The Morgan fingerprint density at radius 2 is 2.00 bits per heavy atom. The first kappa shape index (κ1) is 15.0. The summed E-state index contributed by atoms with van der Waals surface area (Å²) < 4.78 is 0. The summed E-state index contributed by atoms with van der Waals surface area (Å²) in [6.07, 6.45) is 1.78. The van der Waals surface area contributed by atoms with Crippen LogP contribution in [0.4, 0.5) is 0 Å². The Morgan fingerprint density at radius 1 is 1.25 bits per heavy atom. The maximum atomic E-state index is 12.1. The van der Waals surface area contributed by atoms with Crippen molar-refractivity contribution in [2.45, 2.75) is 33.2 Å². The molecule has 0 fully saturated rings. The van der Waals surface area contributed by atoms with Gasteiger partial charge in [-0.1, -0.05) is 25.4 Å². The largest absolute Gasteiger partial charge is 0.347 e. The second kappa shape index (κ2) is 6.86. The van der Waals surface area contributed by atoms with Crippen LogP contribution in [0, 0.1) is 0 Å². The number of hydrogen-bond acceptors (Lipinski definition) is 3. The SMILES string of the molecule is CCc1cc(C(=O)NCc2ccc(CC)s2)cc(Cl)n1. The van der Waals surface area contributed by atoms with Gasteiger partial charge in [-0.3, -0.25) is 4.79 Å². The fourth-order valence-corrected chi connectivity index (χ4v) is 2.96. The van der Waals surface area contributed by atoms with E-state index in [0.29, 0.717) is 17.3 Å². The fraction of sp³-hybridized carbons (Fsp3) is 0.333. The molecule has 1 amide bonds. The lowest BCUT2D eigenvalue weighted by molar-refractivity contribution is 0.0951. The fourth-order valence-electron chi connectivity index (χ4n) is 1.84. The molecular weight excluding hydrogens is 292 g/mol. The first-order valence-electron chi connectivity index (χ1n) is 6.64. The molecule has 2 aromatic rings. The van der Waals surface area contributed by atoms with Gasteiger partial charge in [-0.05, 0) is 37.1 Å². The third-order valence-corrected chi connectivity index (χ3v) is 4.38. The lowest BCUT2D eigenvalue weighted by Gasteiger charge is -2.06. The summed E-state index contributed by atoms with van der Waals surface area (Å²) in [5.41, 5.74) is 1.39. The first-order valence-corrected chi connectivity index (χ1v) is 7.84. The number of pyridine rings is 1. The van der Waals surface area contributed by atoms with Crippen LogP contribution in [-0.2, 0) is 19.4 Å². The minimum absolute atomic E-state index is 0.115. The van der Waals surface area contributed by atoms with Gasteiger partial charge < -0.3 is 5.32 Å². The number of rotatable bonds is 5. The number of hydrogen-bond donors (Lipinski definition) is 1. The highest BCUT2D eigenvalue weighted by atomic mass is 35.5. The molecule has 0 saturated heterocycles. The summed E-state index contributed by atoms with van der Waals surface area (Å²) in [6, 6.07) is 7.54. The Labute approximate surface area is 128 Å². The number of nitrogens with one attached hydrogen (secondary N) is 1. The van der Waals surface area contributed by atoms with Crippen molar-refractivity contribution in [1.29, 1.82) is 0 Å².